The van der Waals surface area contributed by atoms with E-state index in [-0.39, 0.29) is 5.92 Å². The smallest absolute Gasteiger partial charge is 0.416 e. The summed E-state index contributed by atoms with van der Waals surface area (Å²) >= 11 is 0. The highest BCUT2D eigenvalue weighted by Crippen LogP contribution is 2.45. The van der Waals surface area contributed by atoms with E-state index in [0.29, 0.717) is 5.75 Å². The normalized spacial score (nSPS) is 14.8. The zero-order valence-corrected chi connectivity index (χ0v) is 11.2. The van der Waals surface area contributed by atoms with Crippen LogP contribution in [-0.2, 0) is 6.18 Å². The van der Waals surface area contributed by atoms with Gasteiger partial charge in [0.1, 0.15) is 5.75 Å². The van der Waals surface area contributed by atoms with E-state index in [4.69, 9.17) is 4.74 Å². The number of ether oxygens (including phenoxy) is 1. The van der Waals surface area contributed by atoms with Gasteiger partial charge in [-0.05, 0) is 48.9 Å². The van der Waals surface area contributed by atoms with Crippen molar-refractivity contribution in [1.29, 1.82) is 0 Å². The van der Waals surface area contributed by atoms with E-state index in [1.807, 2.05) is 20.8 Å². The molecule has 0 aromatic heterocycles. The van der Waals surface area contributed by atoms with Crippen LogP contribution in [0, 0.1) is 6.92 Å². The monoisotopic (exact) mass is 260 g/mol. The standard InChI is InChI=1S/C12H13F3O.C2H6/c1-7-10(8-3-4-8)5-9(12(13,14)15)6-11(7)16-2;1-2/h5-6,8H,3-4H2,1-2H3;1-2H3. The molecule has 0 unspecified atom stereocenters. The molecule has 0 radical (unpaired) electrons. The van der Waals surface area contributed by atoms with Crippen LogP contribution in [0.25, 0.3) is 0 Å². The fourth-order valence-electron chi connectivity index (χ4n) is 1.90. The minimum absolute atomic E-state index is 0.288. The van der Waals surface area contributed by atoms with Gasteiger partial charge in [0.25, 0.3) is 0 Å². The maximum absolute atomic E-state index is 12.6. The lowest BCUT2D eigenvalue weighted by Crippen LogP contribution is -2.07. The van der Waals surface area contributed by atoms with Gasteiger partial charge in [0.15, 0.2) is 0 Å². The third-order valence-corrected chi connectivity index (χ3v) is 2.96. The lowest BCUT2D eigenvalue weighted by molar-refractivity contribution is -0.137. The molecule has 1 aliphatic rings. The molecule has 1 aromatic rings. The second kappa shape index (κ2) is 5.63. The fraction of sp³-hybridized carbons (Fsp3) is 0.571. The van der Waals surface area contributed by atoms with E-state index in [1.54, 1.807) is 0 Å². The first kappa shape index (κ1) is 14.9. The first-order valence-corrected chi connectivity index (χ1v) is 6.19. The molecular weight excluding hydrogens is 241 g/mol. The highest BCUT2D eigenvalue weighted by atomic mass is 19.4. The van der Waals surface area contributed by atoms with Gasteiger partial charge in [0.2, 0.25) is 0 Å². The minimum Gasteiger partial charge on any atom is -0.496 e. The molecule has 0 N–H and O–H groups in total. The zero-order chi connectivity index (χ0) is 13.9. The summed E-state index contributed by atoms with van der Waals surface area (Å²) < 4.78 is 42.9. The van der Waals surface area contributed by atoms with E-state index in [1.165, 1.54) is 13.2 Å². The predicted molar refractivity (Wildman–Crippen MR) is 66.1 cm³/mol. The van der Waals surface area contributed by atoms with Crippen LogP contribution in [0.5, 0.6) is 5.75 Å². The summed E-state index contributed by atoms with van der Waals surface area (Å²) in [6, 6.07) is 2.33. The highest BCUT2D eigenvalue weighted by Gasteiger charge is 2.34. The Bertz CT molecular complexity index is 406. The maximum atomic E-state index is 12.6. The average molecular weight is 260 g/mol. The van der Waals surface area contributed by atoms with E-state index in [2.05, 4.69) is 0 Å². The Morgan fingerprint density at radius 3 is 2.11 bits per heavy atom. The van der Waals surface area contributed by atoms with Crippen molar-refractivity contribution >= 4 is 0 Å². The van der Waals surface area contributed by atoms with Crippen LogP contribution in [0.2, 0.25) is 0 Å². The molecule has 0 atom stereocenters. The Labute approximate surface area is 106 Å². The first-order chi connectivity index (χ1) is 8.43. The van der Waals surface area contributed by atoms with Crippen LogP contribution in [-0.4, -0.2) is 7.11 Å². The van der Waals surface area contributed by atoms with Crippen LogP contribution in [0.3, 0.4) is 0 Å². The van der Waals surface area contributed by atoms with Crippen LogP contribution >= 0.6 is 0 Å². The van der Waals surface area contributed by atoms with Crippen molar-refractivity contribution < 1.29 is 17.9 Å². The molecule has 1 aliphatic carbocycles. The molecule has 0 amide bonds. The molecule has 2 rings (SSSR count). The van der Waals surface area contributed by atoms with Gasteiger partial charge in [-0.2, -0.15) is 13.2 Å². The number of methoxy groups -OCH3 is 1. The second-order valence-corrected chi connectivity index (χ2v) is 4.16. The van der Waals surface area contributed by atoms with Crippen molar-refractivity contribution in [2.75, 3.05) is 7.11 Å². The molecule has 0 spiro atoms. The van der Waals surface area contributed by atoms with Gasteiger partial charge < -0.3 is 4.74 Å². The lowest BCUT2D eigenvalue weighted by atomic mass is 10.00. The van der Waals surface area contributed by atoms with Crippen molar-refractivity contribution in [2.24, 2.45) is 0 Å². The molecular formula is C14H19F3O. The molecule has 1 fully saturated rings. The van der Waals surface area contributed by atoms with Crippen molar-refractivity contribution in [3.63, 3.8) is 0 Å². The topological polar surface area (TPSA) is 9.23 Å². The third kappa shape index (κ3) is 3.18. The summed E-state index contributed by atoms with van der Waals surface area (Å²) in [4.78, 5) is 0. The Balaban J connectivity index is 0.000000771. The van der Waals surface area contributed by atoms with Gasteiger partial charge in [0, 0.05) is 0 Å². The summed E-state index contributed by atoms with van der Waals surface area (Å²) in [5.41, 5.74) is 1.00. The maximum Gasteiger partial charge on any atom is 0.416 e. The number of hydrogen-bond donors (Lipinski definition) is 0. The Morgan fingerprint density at radius 1 is 1.17 bits per heavy atom. The Kier molecular flexibility index (Phi) is 4.65. The Morgan fingerprint density at radius 2 is 1.72 bits per heavy atom. The third-order valence-electron chi connectivity index (χ3n) is 2.96. The summed E-state index contributed by atoms with van der Waals surface area (Å²) in [5, 5.41) is 0. The first-order valence-electron chi connectivity index (χ1n) is 6.19. The lowest BCUT2D eigenvalue weighted by Gasteiger charge is -2.14. The number of alkyl halides is 3. The zero-order valence-electron chi connectivity index (χ0n) is 11.2. The minimum atomic E-state index is -4.30. The number of rotatable bonds is 2. The molecule has 0 heterocycles. The molecule has 1 nitrogen and oxygen atoms in total. The highest BCUT2D eigenvalue weighted by molar-refractivity contribution is 5.46. The molecule has 18 heavy (non-hydrogen) atoms. The second-order valence-electron chi connectivity index (χ2n) is 4.16. The number of benzene rings is 1. The van der Waals surface area contributed by atoms with Gasteiger partial charge >= 0.3 is 6.18 Å². The molecule has 0 saturated heterocycles. The number of halogens is 3. The fourth-order valence-corrected chi connectivity index (χ4v) is 1.90. The van der Waals surface area contributed by atoms with E-state index in [0.717, 1.165) is 30.0 Å². The van der Waals surface area contributed by atoms with Gasteiger partial charge in [-0.15, -0.1) is 0 Å². The molecule has 0 aliphatic heterocycles. The molecule has 4 heteroatoms. The summed E-state index contributed by atoms with van der Waals surface area (Å²) in [6.07, 6.45) is -2.35. The Hall–Kier alpha value is -1.19. The quantitative estimate of drug-likeness (QED) is 0.733. The summed E-state index contributed by atoms with van der Waals surface area (Å²) in [6.45, 7) is 5.81. The van der Waals surface area contributed by atoms with Gasteiger partial charge in [-0.1, -0.05) is 13.8 Å². The predicted octanol–water partition coefficient (Wildman–Crippen LogP) is 4.93. The molecule has 1 aromatic carbocycles. The van der Waals surface area contributed by atoms with Crippen molar-refractivity contribution in [3.05, 3.63) is 28.8 Å². The van der Waals surface area contributed by atoms with Gasteiger partial charge in [-0.25, -0.2) is 0 Å². The van der Waals surface area contributed by atoms with E-state index >= 15 is 0 Å². The van der Waals surface area contributed by atoms with E-state index in [9.17, 15) is 13.2 Å². The van der Waals surface area contributed by atoms with Crippen molar-refractivity contribution in [3.8, 4) is 5.75 Å². The number of hydrogen-bond acceptors (Lipinski definition) is 1. The van der Waals surface area contributed by atoms with Crippen LogP contribution in [0.1, 0.15) is 49.3 Å². The van der Waals surface area contributed by atoms with Crippen LogP contribution in [0.4, 0.5) is 13.2 Å². The summed E-state index contributed by atoms with van der Waals surface area (Å²) in [7, 11) is 1.40. The molecule has 1 saturated carbocycles. The molecule has 102 valence electrons. The van der Waals surface area contributed by atoms with Gasteiger partial charge in [0.05, 0.1) is 12.7 Å². The summed E-state index contributed by atoms with van der Waals surface area (Å²) in [5.74, 6) is 0.618. The average Bonchev–Trinajstić information content (AvgIpc) is 3.14. The van der Waals surface area contributed by atoms with Crippen molar-refractivity contribution in [2.45, 2.75) is 45.7 Å². The molecule has 0 bridgehead atoms. The van der Waals surface area contributed by atoms with Crippen molar-refractivity contribution in [1.82, 2.24) is 0 Å². The van der Waals surface area contributed by atoms with Gasteiger partial charge in [-0.3, -0.25) is 0 Å². The van der Waals surface area contributed by atoms with Crippen LogP contribution < -0.4 is 4.74 Å². The largest absolute Gasteiger partial charge is 0.496 e. The van der Waals surface area contributed by atoms with E-state index < -0.39 is 11.7 Å². The van der Waals surface area contributed by atoms with Crippen LogP contribution in [0.15, 0.2) is 12.1 Å². The SMILES string of the molecule is CC.COc1cc(C(F)(F)F)cc(C2CC2)c1C.